The maximum atomic E-state index is 10.9. The van der Waals surface area contributed by atoms with Crippen molar-refractivity contribution in [2.75, 3.05) is 40.1 Å². The van der Waals surface area contributed by atoms with E-state index in [1.807, 2.05) is 0 Å². The predicted molar refractivity (Wildman–Crippen MR) is 167 cm³/mol. The minimum atomic E-state index is -1.44. The third-order valence-electron chi connectivity index (χ3n) is 8.66. The quantitative estimate of drug-likeness (QED) is 0.105. The lowest BCUT2D eigenvalue weighted by Gasteiger charge is -2.44. The summed E-state index contributed by atoms with van der Waals surface area (Å²) in [6.07, 6.45) is -15.9. The van der Waals surface area contributed by atoms with E-state index in [2.05, 4.69) is 0 Å². The van der Waals surface area contributed by atoms with Crippen molar-refractivity contribution in [1.29, 1.82) is 0 Å². The Bertz CT molecular complexity index is 996. The van der Waals surface area contributed by atoms with E-state index in [9.17, 15) is 56.2 Å². The monoisotopic (exact) mass is 756 g/mol. The highest BCUT2D eigenvalue weighted by Crippen LogP contribution is 2.42. The van der Waals surface area contributed by atoms with Crippen molar-refractivity contribution in [3.05, 3.63) is 0 Å². The summed E-state index contributed by atoms with van der Waals surface area (Å²) in [7, 11) is 1.33. The molecule has 5 heterocycles. The summed E-state index contributed by atoms with van der Waals surface area (Å²) in [5.41, 5.74) is -3.92. The van der Waals surface area contributed by atoms with E-state index in [0.717, 1.165) is 47.0 Å². The van der Waals surface area contributed by atoms with Gasteiger partial charge in [-0.25, -0.2) is 0 Å². The second-order valence-electron chi connectivity index (χ2n) is 11.9. The molecule has 5 aliphatic heterocycles. The van der Waals surface area contributed by atoms with Crippen LogP contribution in [-0.2, 0) is 28.4 Å². The van der Waals surface area contributed by atoms with E-state index < -0.39 is 116 Å². The summed E-state index contributed by atoms with van der Waals surface area (Å²) in [4.78, 5) is 0. The first kappa shape index (κ1) is 38.9. The molecular formula is C26H44O17S4. The van der Waals surface area contributed by atoms with Gasteiger partial charge in [-0.3, -0.25) is 0 Å². The van der Waals surface area contributed by atoms with Crippen LogP contribution in [0.25, 0.3) is 0 Å². The molecule has 47 heavy (non-hydrogen) atoms. The Balaban J connectivity index is 1.08. The van der Waals surface area contributed by atoms with Gasteiger partial charge in [0.1, 0.15) is 64.5 Å². The molecule has 0 radical (unpaired) electrons. The molecule has 5 aliphatic rings. The minimum absolute atomic E-state index is 0.0131. The van der Waals surface area contributed by atoms with E-state index >= 15 is 0 Å². The molecule has 0 unspecified atom stereocenters. The Labute approximate surface area is 287 Å². The fraction of sp³-hybridized carbons (Fsp3) is 1.00. The maximum absolute atomic E-state index is 10.9. The molecule has 5 saturated heterocycles. The van der Waals surface area contributed by atoms with Crippen molar-refractivity contribution in [1.82, 2.24) is 0 Å². The van der Waals surface area contributed by atoms with Crippen LogP contribution in [0.5, 0.6) is 0 Å². The topological polar surface area (TPSA) is 278 Å². The van der Waals surface area contributed by atoms with E-state index in [4.69, 9.17) is 28.4 Å². The molecule has 20 atom stereocenters. The number of methoxy groups -OCH3 is 1. The number of aliphatic hydroxyl groups is 11. The molecule has 11 N–H and O–H groups in total. The van der Waals surface area contributed by atoms with Crippen molar-refractivity contribution >= 4 is 47.0 Å². The van der Waals surface area contributed by atoms with E-state index in [1.165, 1.54) is 7.11 Å². The number of hydrogen-bond acceptors (Lipinski definition) is 21. The molecule has 5 fully saturated rings. The average molecular weight is 757 g/mol. The van der Waals surface area contributed by atoms with Gasteiger partial charge < -0.3 is 84.6 Å². The van der Waals surface area contributed by atoms with Crippen molar-refractivity contribution in [3.8, 4) is 0 Å². The van der Waals surface area contributed by atoms with Crippen molar-refractivity contribution in [2.24, 2.45) is 0 Å². The van der Waals surface area contributed by atoms with Gasteiger partial charge in [0.15, 0.2) is 6.29 Å². The van der Waals surface area contributed by atoms with Gasteiger partial charge in [-0.15, -0.1) is 47.0 Å². The van der Waals surface area contributed by atoms with Crippen molar-refractivity contribution < 1.29 is 84.6 Å². The predicted octanol–water partition coefficient (Wildman–Crippen LogP) is -5.21. The summed E-state index contributed by atoms with van der Waals surface area (Å²) in [5, 5.41) is 112. The Hall–Kier alpha value is 0.720. The minimum Gasteiger partial charge on any atom is -0.389 e. The molecule has 5 rings (SSSR count). The number of thioether (sulfide) groups is 4. The van der Waals surface area contributed by atoms with Crippen LogP contribution in [0.1, 0.15) is 0 Å². The van der Waals surface area contributed by atoms with Gasteiger partial charge in [-0.1, -0.05) is 0 Å². The van der Waals surface area contributed by atoms with E-state index in [1.54, 1.807) is 0 Å². The zero-order chi connectivity index (χ0) is 34.2. The van der Waals surface area contributed by atoms with Gasteiger partial charge >= 0.3 is 0 Å². The molecule has 0 amide bonds. The molecule has 0 aromatic heterocycles. The highest BCUT2D eigenvalue weighted by molar-refractivity contribution is 8.01. The maximum Gasteiger partial charge on any atom is 0.185 e. The van der Waals surface area contributed by atoms with Crippen LogP contribution in [-0.4, -0.2) is 212 Å². The molecule has 0 aromatic rings. The van der Waals surface area contributed by atoms with Crippen molar-refractivity contribution in [2.45, 2.75) is 116 Å². The van der Waals surface area contributed by atoms with Gasteiger partial charge in [-0.05, 0) is 0 Å². The normalized spacial score (nSPS) is 53.1. The molecule has 17 nitrogen and oxygen atoms in total. The first-order chi connectivity index (χ1) is 22.3. The van der Waals surface area contributed by atoms with Gasteiger partial charge in [0.25, 0.3) is 0 Å². The van der Waals surface area contributed by atoms with Crippen LogP contribution in [0.2, 0.25) is 0 Å². The first-order valence-electron chi connectivity index (χ1n) is 15.0. The summed E-state index contributed by atoms with van der Waals surface area (Å²) in [5.74, 6) is 0. The van der Waals surface area contributed by atoms with Gasteiger partial charge in [0.2, 0.25) is 0 Å². The number of ether oxygens (including phenoxy) is 6. The van der Waals surface area contributed by atoms with Gasteiger partial charge in [0, 0.05) is 7.11 Å². The van der Waals surface area contributed by atoms with E-state index in [-0.39, 0.29) is 33.0 Å². The number of hydrogen-bond donors (Lipinski definition) is 11. The summed E-state index contributed by atoms with van der Waals surface area (Å²) in [6.45, 7) is -0.412. The lowest BCUT2D eigenvalue weighted by molar-refractivity contribution is -0.230. The second kappa shape index (κ2) is 17.0. The molecule has 274 valence electrons. The Kier molecular flexibility index (Phi) is 14.1. The number of rotatable bonds is 9. The Morgan fingerprint density at radius 3 is 1.04 bits per heavy atom. The van der Waals surface area contributed by atoms with Crippen LogP contribution < -0.4 is 0 Å². The van der Waals surface area contributed by atoms with Crippen molar-refractivity contribution in [3.63, 3.8) is 0 Å². The Morgan fingerprint density at radius 2 is 0.681 bits per heavy atom. The van der Waals surface area contributed by atoms with Crippen LogP contribution >= 0.6 is 47.0 Å². The average Bonchev–Trinajstić information content (AvgIpc) is 3.05. The molecular weight excluding hydrogens is 713 g/mol. The largest absolute Gasteiger partial charge is 0.389 e. The summed E-state index contributed by atoms with van der Waals surface area (Å²) < 4.78 is 33.1. The number of aliphatic hydroxyl groups excluding tert-OH is 11. The van der Waals surface area contributed by atoms with Crippen LogP contribution in [0.4, 0.5) is 0 Å². The third-order valence-corrected chi connectivity index (χ3v) is 14.5. The van der Waals surface area contributed by atoms with E-state index in [0.29, 0.717) is 0 Å². The molecule has 0 bridgehead atoms. The second-order valence-corrected chi connectivity index (χ2v) is 17.3. The zero-order valence-corrected chi connectivity index (χ0v) is 28.4. The third kappa shape index (κ3) is 8.69. The van der Waals surface area contributed by atoms with Gasteiger partial charge in [-0.2, -0.15) is 0 Å². The molecule has 0 saturated carbocycles. The highest BCUT2D eigenvalue weighted by atomic mass is 32.2. The SMILES string of the molecule is CO[C@H]1OC[C@@H](S[C@@H]2OC[C@@H](S[C@@H]3OC[C@@H](S[C@@H]4OC[C@@H](S[C@@H]5OC[C@@H](O)[C@H](O)[C@H]5O)[C@H](O)[C@H]4O)[C@H](O)[C@H]3O)[C@H](O)[C@H]2O)[C@H](O)[C@H]1O. The zero-order valence-electron chi connectivity index (χ0n) is 25.1. The Morgan fingerprint density at radius 1 is 0.383 bits per heavy atom. The summed E-state index contributed by atoms with van der Waals surface area (Å²) >= 11 is 3.91. The lowest BCUT2D eigenvalue weighted by Crippen LogP contribution is -2.57. The standard InChI is InChI=1S/C26H44O17S4/c1-38-22-17(33)13(29)8(3-39-22)44-24-19(35)15(31)10(5-41-24)46-26-21(37)16(32)11(6-43-26)47-25-20(36)14(30)9(4-42-25)45-23-18(34)12(28)7(27)2-40-23/h7-37H,2-6H2,1H3/t7-,8-,9-,10-,11-,12+,13+,14+,15+,16+,17-,18-,19-,20-,21-,22+,23+,24+,25+,26+/m1/s1. The van der Waals surface area contributed by atoms with Crippen LogP contribution in [0.3, 0.4) is 0 Å². The van der Waals surface area contributed by atoms with Crippen LogP contribution in [0.15, 0.2) is 0 Å². The molecule has 0 aliphatic carbocycles. The summed E-state index contributed by atoms with van der Waals surface area (Å²) in [6, 6.07) is 0. The first-order valence-corrected chi connectivity index (χ1v) is 18.8. The van der Waals surface area contributed by atoms with Crippen LogP contribution in [0, 0.1) is 0 Å². The smallest absolute Gasteiger partial charge is 0.185 e. The fourth-order valence-electron chi connectivity index (χ4n) is 5.71. The van der Waals surface area contributed by atoms with Gasteiger partial charge in [0.05, 0.1) is 78.5 Å². The molecule has 0 spiro atoms. The highest BCUT2D eigenvalue weighted by Gasteiger charge is 2.50. The fourth-order valence-corrected chi connectivity index (χ4v) is 10.9. The lowest BCUT2D eigenvalue weighted by atomic mass is 10.1. The molecule has 0 aromatic carbocycles. The molecule has 21 heteroatoms.